The van der Waals surface area contributed by atoms with Gasteiger partial charge >= 0.3 is 11.9 Å². The van der Waals surface area contributed by atoms with Gasteiger partial charge in [0.2, 0.25) is 0 Å². The smallest absolute Gasteiger partial charge is 0.325 e. The van der Waals surface area contributed by atoms with Crippen LogP contribution >= 0.6 is 0 Å². The van der Waals surface area contributed by atoms with Gasteiger partial charge in [-0.2, -0.15) is 0 Å². The lowest BCUT2D eigenvalue weighted by Gasteiger charge is -2.19. The number of rotatable bonds is 2. The number of carboxylic acid groups (broad SMARTS) is 2. The van der Waals surface area contributed by atoms with E-state index in [2.05, 4.69) is 10.6 Å². The molecule has 4 N–H and O–H groups in total. The third-order valence-electron chi connectivity index (χ3n) is 4.60. The normalized spacial score (nSPS) is 20.6. The first-order valence-corrected chi connectivity index (χ1v) is 9.43. The van der Waals surface area contributed by atoms with E-state index in [0.717, 1.165) is 0 Å². The number of benzene rings is 2. The lowest BCUT2D eigenvalue weighted by atomic mass is 10.1. The molecule has 0 aromatic heterocycles. The predicted octanol–water partition coefficient (Wildman–Crippen LogP) is 1.98. The van der Waals surface area contributed by atoms with E-state index in [1.807, 2.05) is 0 Å². The Morgan fingerprint density at radius 3 is 1.59 bits per heavy atom. The SMILES string of the molecule is O=C(O)[C@@H]1NCCCN[C@@H](C(=O)O)c2ccccc2OCCOc2ccccc21. The van der Waals surface area contributed by atoms with Gasteiger partial charge in [0.1, 0.15) is 36.8 Å². The first-order valence-electron chi connectivity index (χ1n) is 9.43. The van der Waals surface area contributed by atoms with Gasteiger partial charge in [0, 0.05) is 11.1 Å². The molecule has 0 bridgehead atoms. The molecule has 3 rings (SSSR count). The largest absolute Gasteiger partial charge is 0.490 e. The minimum Gasteiger partial charge on any atom is -0.490 e. The molecule has 0 aliphatic carbocycles. The van der Waals surface area contributed by atoms with Crippen LogP contribution in [0.4, 0.5) is 0 Å². The molecule has 1 heterocycles. The molecule has 0 fully saturated rings. The summed E-state index contributed by atoms with van der Waals surface area (Å²) in [5.41, 5.74) is 1.07. The van der Waals surface area contributed by atoms with E-state index in [1.54, 1.807) is 48.5 Å². The third kappa shape index (κ3) is 5.24. The zero-order chi connectivity index (χ0) is 20.6. The highest BCUT2D eigenvalue weighted by molar-refractivity contribution is 5.77. The number of hydrogen-bond acceptors (Lipinski definition) is 6. The Morgan fingerprint density at radius 1 is 0.759 bits per heavy atom. The lowest BCUT2D eigenvalue weighted by Crippen LogP contribution is -2.33. The number of para-hydroxylation sites is 2. The van der Waals surface area contributed by atoms with Crippen molar-refractivity contribution in [2.24, 2.45) is 0 Å². The highest BCUT2D eigenvalue weighted by Gasteiger charge is 2.25. The number of ether oxygens (including phenoxy) is 2. The standard InChI is InChI=1S/C21H24N2O6/c24-20(25)18-14-6-1-3-8-16(14)28-12-13-29-17-9-4-2-7-15(17)19(21(26)27)23-11-5-10-22-18/h1-4,6-9,18-19,22-23H,5,10-13H2,(H,24,25)(H,26,27)/t18-,19-/m1/s1. The molecule has 0 saturated carbocycles. The van der Waals surface area contributed by atoms with Crippen molar-refractivity contribution in [1.29, 1.82) is 0 Å². The molecule has 0 amide bonds. The molecule has 29 heavy (non-hydrogen) atoms. The summed E-state index contributed by atoms with van der Waals surface area (Å²) < 4.78 is 11.5. The Balaban J connectivity index is 1.85. The van der Waals surface area contributed by atoms with Crippen molar-refractivity contribution in [2.45, 2.75) is 18.5 Å². The zero-order valence-electron chi connectivity index (χ0n) is 15.8. The Bertz CT molecular complexity index is 787. The second-order valence-corrected chi connectivity index (χ2v) is 6.58. The highest BCUT2D eigenvalue weighted by atomic mass is 16.5. The summed E-state index contributed by atoms with van der Waals surface area (Å²) >= 11 is 0. The first-order chi connectivity index (χ1) is 14.1. The quantitative estimate of drug-likeness (QED) is 0.605. The Labute approximate surface area is 168 Å². The summed E-state index contributed by atoms with van der Waals surface area (Å²) in [6.07, 6.45) is 0.541. The van der Waals surface area contributed by atoms with E-state index in [4.69, 9.17) is 9.47 Å². The number of hydrogen-bond donors (Lipinski definition) is 4. The van der Waals surface area contributed by atoms with Crippen LogP contribution in [0.5, 0.6) is 11.5 Å². The van der Waals surface area contributed by atoms with Crippen LogP contribution in [0.25, 0.3) is 0 Å². The average Bonchev–Trinajstić information content (AvgIpc) is 2.71. The van der Waals surface area contributed by atoms with E-state index in [9.17, 15) is 19.8 Å². The molecular weight excluding hydrogens is 376 g/mol. The topological polar surface area (TPSA) is 117 Å². The van der Waals surface area contributed by atoms with E-state index < -0.39 is 24.0 Å². The third-order valence-corrected chi connectivity index (χ3v) is 4.60. The molecule has 1 aliphatic heterocycles. The van der Waals surface area contributed by atoms with Crippen molar-refractivity contribution < 1.29 is 29.3 Å². The molecule has 8 nitrogen and oxygen atoms in total. The fourth-order valence-electron chi connectivity index (χ4n) is 3.25. The van der Waals surface area contributed by atoms with Gasteiger partial charge in [-0.05, 0) is 31.6 Å². The highest BCUT2D eigenvalue weighted by Crippen LogP contribution is 2.27. The van der Waals surface area contributed by atoms with Crippen LogP contribution in [0.3, 0.4) is 0 Å². The molecule has 1 aliphatic rings. The Morgan fingerprint density at radius 2 is 1.17 bits per heavy atom. The van der Waals surface area contributed by atoms with E-state index >= 15 is 0 Å². The predicted molar refractivity (Wildman–Crippen MR) is 105 cm³/mol. The molecule has 154 valence electrons. The fraction of sp³-hybridized carbons (Fsp3) is 0.333. The molecule has 2 aromatic carbocycles. The maximum Gasteiger partial charge on any atom is 0.325 e. The molecule has 0 saturated heterocycles. The van der Waals surface area contributed by atoms with Crippen molar-refractivity contribution in [3.8, 4) is 11.5 Å². The van der Waals surface area contributed by atoms with Gasteiger partial charge in [-0.3, -0.25) is 9.59 Å². The molecule has 0 unspecified atom stereocenters. The number of carboxylic acids is 2. The fourth-order valence-corrected chi connectivity index (χ4v) is 3.25. The summed E-state index contributed by atoms with van der Waals surface area (Å²) in [5.74, 6) is -1.07. The van der Waals surface area contributed by atoms with Crippen molar-refractivity contribution in [1.82, 2.24) is 10.6 Å². The molecule has 0 spiro atoms. The van der Waals surface area contributed by atoms with Gasteiger partial charge in [0.15, 0.2) is 0 Å². The lowest BCUT2D eigenvalue weighted by molar-refractivity contribution is -0.140. The maximum absolute atomic E-state index is 11.8. The van der Waals surface area contributed by atoms with Gasteiger partial charge in [-0.1, -0.05) is 36.4 Å². The van der Waals surface area contributed by atoms with Gasteiger partial charge in [0.05, 0.1) is 0 Å². The van der Waals surface area contributed by atoms with E-state index in [1.165, 1.54) is 0 Å². The van der Waals surface area contributed by atoms with Gasteiger partial charge in [-0.15, -0.1) is 0 Å². The van der Waals surface area contributed by atoms with E-state index in [0.29, 0.717) is 42.1 Å². The summed E-state index contributed by atoms with van der Waals surface area (Å²) in [7, 11) is 0. The van der Waals surface area contributed by atoms with Crippen molar-refractivity contribution in [3.05, 3.63) is 59.7 Å². The summed E-state index contributed by atoms with van der Waals surface area (Å²) in [6, 6.07) is 12.1. The van der Waals surface area contributed by atoms with Gasteiger partial charge in [-0.25, -0.2) is 0 Å². The van der Waals surface area contributed by atoms with Crippen LogP contribution in [-0.4, -0.2) is 48.5 Å². The number of aliphatic carboxylic acids is 2. The minimum atomic E-state index is -1.01. The summed E-state index contributed by atoms with van der Waals surface area (Å²) in [5, 5.41) is 25.3. The van der Waals surface area contributed by atoms with Crippen LogP contribution in [0.1, 0.15) is 29.6 Å². The van der Waals surface area contributed by atoms with Gasteiger partial charge in [0.25, 0.3) is 0 Å². The van der Waals surface area contributed by atoms with Crippen molar-refractivity contribution >= 4 is 11.9 Å². The van der Waals surface area contributed by atoms with Crippen LogP contribution in [0.2, 0.25) is 0 Å². The van der Waals surface area contributed by atoms with E-state index in [-0.39, 0.29) is 13.2 Å². The molecule has 2 atom stereocenters. The van der Waals surface area contributed by atoms with Crippen LogP contribution in [0, 0.1) is 0 Å². The second kappa shape index (κ2) is 9.90. The number of fused-ring (bicyclic) bond motifs is 2. The molecule has 8 heteroatoms. The van der Waals surface area contributed by atoms with Crippen molar-refractivity contribution in [3.63, 3.8) is 0 Å². The molecule has 0 radical (unpaired) electrons. The number of nitrogens with one attached hydrogen (secondary N) is 2. The van der Waals surface area contributed by atoms with Crippen LogP contribution in [0.15, 0.2) is 48.5 Å². The minimum absolute atomic E-state index is 0.183. The van der Waals surface area contributed by atoms with Crippen LogP contribution in [-0.2, 0) is 9.59 Å². The van der Waals surface area contributed by atoms with Crippen LogP contribution < -0.4 is 20.1 Å². The van der Waals surface area contributed by atoms with Gasteiger partial charge < -0.3 is 30.3 Å². The summed E-state index contributed by atoms with van der Waals surface area (Å²) in [6.45, 7) is 1.15. The first kappa shape index (κ1) is 20.6. The monoisotopic (exact) mass is 400 g/mol. The second-order valence-electron chi connectivity index (χ2n) is 6.58. The molecular formula is C21H24N2O6. The van der Waals surface area contributed by atoms with Crippen molar-refractivity contribution in [2.75, 3.05) is 26.3 Å². The summed E-state index contributed by atoms with van der Waals surface area (Å²) in [4.78, 5) is 23.5. The Kier molecular flexibility index (Phi) is 7.04. The zero-order valence-corrected chi connectivity index (χ0v) is 15.8. The molecule has 2 aromatic rings. The maximum atomic E-state index is 11.8. The Hall–Kier alpha value is -3.10. The number of carbonyl (C=O) groups is 2. The average molecular weight is 400 g/mol.